The first kappa shape index (κ1) is 21.2. The van der Waals surface area contributed by atoms with Crippen molar-refractivity contribution in [2.45, 2.75) is 12.5 Å². The first-order valence-electron chi connectivity index (χ1n) is 9.63. The lowest BCUT2D eigenvalue weighted by Gasteiger charge is -2.25. The summed E-state index contributed by atoms with van der Waals surface area (Å²) >= 11 is 7.95. The van der Waals surface area contributed by atoms with Crippen LogP contribution in [-0.2, 0) is 4.79 Å². The van der Waals surface area contributed by atoms with Crippen molar-refractivity contribution < 1.29 is 14.0 Å². The minimum Gasteiger partial charge on any atom is -0.332 e. The molecule has 0 radical (unpaired) electrons. The molecule has 0 saturated carbocycles. The van der Waals surface area contributed by atoms with Crippen LogP contribution in [0.4, 0.5) is 4.39 Å². The van der Waals surface area contributed by atoms with E-state index >= 15 is 0 Å². The fraction of sp³-hybridized carbons (Fsp3) is 0.174. The van der Waals surface area contributed by atoms with Gasteiger partial charge in [-0.25, -0.2) is 9.40 Å². The first-order chi connectivity index (χ1) is 15.0. The third kappa shape index (κ3) is 4.38. The average Bonchev–Trinajstić information content (AvgIpc) is 3.44. The Balaban J connectivity index is 1.59. The topological polar surface area (TPSA) is 53.0 Å². The van der Waals surface area contributed by atoms with E-state index in [0.717, 1.165) is 16.2 Å². The number of benzene rings is 2. The van der Waals surface area contributed by atoms with Gasteiger partial charge in [-0.3, -0.25) is 9.59 Å². The highest BCUT2D eigenvalue weighted by Gasteiger charge is 2.35. The number of hydrazone groups is 1. The Bertz CT molecular complexity index is 1150. The molecule has 2 aromatic carbocycles. The lowest BCUT2D eigenvalue weighted by molar-refractivity contribution is -0.133. The Morgan fingerprint density at radius 1 is 1.16 bits per heavy atom. The Morgan fingerprint density at radius 2 is 1.90 bits per heavy atom. The van der Waals surface area contributed by atoms with Gasteiger partial charge >= 0.3 is 0 Å². The second-order valence-electron chi connectivity index (χ2n) is 7.14. The highest BCUT2D eigenvalue weighted by Crippen LogP contribution is 2.37. The van der Waals surface area contributed by atoms with Crippen LogP contribution >= 0.6 is 22.9 Å². The number of hydrogen-bond acceptors (Lipinski definition) is 4. The molecule has 4 rings (SSSR count). The monoisotopic (exact) mass is 455 g/mol. The molecule has 1 unspecified atom stereocenters. The van der Waals surface area contributed by atoms with E-state index < -0.39 is 11.7 Å². The van der Waals surface area contributed by atoms with Gasteiger partial charge < -0.3 is 4.90 Å². The Morgan fingerprint density at radius 3 is 2.61 bits per heavy atom. The van der Waals surface area contributed by atoms with Gasteiger partial charge in [-0.1, -0.05) is 48.0 Å². The second kappa shape index (κ2) is 8.99. The summed E-state index contributed by atoms with van der Waals surface area (Å²) in [5.74, 6) is -1.56. The second-order valence-corrected chi connectivity index (χ2v) is 8.50. The quantitative estimate of drug-likeness (QED) is 0.544. The zero-order chi connectivity index (χ0) is 22.0. The fourth-order valence-corrected chi connectivity index (χ4v) is 4.49. The van der Waals surface area contributed by atoms with Crippen LogP contribution in [0.2, 0.25) is 5.02 Å². The van der Waals surface area contributed by atoms with E-state index in [0.29, 0.717) is 11.4 Å². The van der Waals surface area contributed by atoms with Gasteiger partial charge in [0.1, 0.15) is 12.4 Å². The van der Waals surface area contributed by atoms with Gasteiger partial charge in [0.15, 0.2) is 0 Å². The van der Waals surface area contributed by atoms with Gasteiger partial charge in [0, 0.05) is 18.5 Å². The summed E-state index contributed by atoms with van der Waals surface area (Å²) in [6, 6.07) is 16.5. The van der Waals surface area contributed by atoms with Gasteiger partial charge in [0.2, 0.25) is 0 Å². The van der Waals surface area contributed by atoms with Gasteiger partial charge in [0.05, 0.1) is 22.2 Å². The summed E-state index contributed by atoms with van der Waals surface area (Å²) in [4.78, 5) is 28.0. The van der Waals surface area contributed by atoms with Gasteiger partial charge in [0.25, 0.3) is 11.8 Å². The highest BCUT2D eigenvalue weighted by atomic mass is 35.5. The maximum atomic E-state index is 14.0. The molecule has 158 valence electrons. The molecular formula is C23H19ClFN3O2S. The van der Waals surface area contributed by atoms with Crippen LogP contribution in [0.5, 0.6) is 0 Å². The summed E-state index contributed by atoms with van der Waals surface area (Å²) in [5, 5.41) is 8.46. The zero-order valence-corrected chi connectivity index (χ0v) is 18.2. The number of carbonyl (C=O) groups excluding carboxylic acids is 2. The molecule has 2 amide bonds. The van der Waals surface area contributed by atoms with Crippen LogP contribution in [0, 0.1) is 5.82 Å². The molecule has 5 nitrogen and oxygen atoms in total. The third-order valence-electron chi connectivity index (χ3n) is 5.06. The summed E-state index contributed by atoms with van der Waals surface area (Å²) in [7, 11) is 1.47. The molecule has 3 aromatic rings. The molecule has 0 saturated heterocycles. The molecule has 0 fully saturated rings. The third-order valence-corrected chi connectivity index (χ3v) is 6.32. The highest BCUT2D eigenvalue weighted by molar-refractivity contribution is 7.12. The zero-order valence-electron chi connectivity index (χ0n) is 16.7. The molecular weight excluding hydrogens is 437 g/mol. The van der Waals surface area contributed by atoms with E-state index in [-0.39, 0.29) is 24.1 Å². The van der Waals surface area contributed by atoms with Crippen LogP contribution in [-0.4, -0.2) is 41.0 Å². The number of carbonyl (C=O) groups is 2. The molecule has 31 heavy (non-hydrogen) atoms. The molecule has 0 N–H and O–H groups in total. The lowest BCUT2D eigenvalue weighted by Crippen LogP contribution is -2.39. The molecule has 2 heterocycles. The lowest BCUT2D eigenvalue weighted by atomic mass is 10.0. The Hall–Kier alpha value is -3.03. The minimum atomic E-state index is -0.625. The Kier molecular flexibility index (Phi) is 6.15. The molecule has 1 aromatic heterocycles. The summed E-state index contributed by atoms with van der Waals surface area (Å²) in [5.41, 5.74) is 1.50. The predicted molar refractivity (Wildman–Crippen MR) is 120 cm³/mol. The van der Waals surface area contributed by atoms with Gasteiger partial charge in [-0.05, 0) is 35.2 Å². The summed E-state index contributed by atoms with van der Waals surface area (Å²) in [6.07, 6.45) is 0.515. The fourth-order valence-electron chi connectivity index (χ4n) is 3.51. The SMILES string of the molecule is CN(CC(=O)N1N=C(c2cccs2)CC1c1ccccc1Cl)C(=O)c1ccccc1F. The molecule has 0 bridgehead atoms. The molecule has 0 aliphatic carbocycles. The van der Waals surface area contributed by atoms with E-state index in [1.165, 1.54) is 35.2 Å². The van der Waals surface area contributed by atoms with Crippen molar-refractivity contribution in [2.75, 3.05) is 13.6 Å². The van der Waals surface area contributed by atoms with E-state index in [1.807, 2.05) is 35.7 Å². The first-order valence-corrected chi connectivity index (χ1v) is 10.9. The number of likely N-dealkylation sites (N-methyl/N-ethyl adjacent to an activating group) is 1. The maximum Gasteiger partial charge on any atom is 0.262 e. The number of rotatable bonds is 5. The predicted octanol–water partition coefficient (Wildman–Crippen LogP) is 4.99. The molecule has 0 spiro atoms. The molecule has 1 aliphatic heterocycles. The molecule has 8 heteroatoms. The van der Waals surface area contributed by atoms with Gasteiger partial charge in [-0.2, -0.15) is 5.10 Å². The van der Waals surface area contributed by atoms with Crippen LogP contribution in [0.25, 0.3) is 0 Å². The number of hydrogen-bond donors (Lipinski definition) is 0. The van der Waals surface area contributed by atoms with E-state index in [4.69, 9.17) is 11.6 Å². The van der Waals surface area contributed by atoms with E-state index in [2.05, 4.69) is 5.10 Å². The number of amides is 2. The van der Waals surface area contributed by atoms with Crippen LogP contribution < -0.4 is 0 Å². The van der Waals surface area contributed by atoms with Crippen molar-refractivity contribution in [1.29, 1.82) is 0 Å². The van der Waals surface area contributed by atoms with Crippen LogP contribution in [0.3, 0.4) is 0 Å². The van der Waals surface area contributed by atoms with Crippen molar-refractivity contribution in [3.8, 4) is 0 Å². The van der Waals surface area contributed by atoms with E-state index in [9.17, 15) is 14.0 Å². The van der Waals surface area contributed by atoms with Crippen LogP contribution in [0.1, 0.15) is 33.3 Å². The van der Waals surface area contributed by atoms with Crippen LogP contribution in [0.15, 0.2) is 71.1 Å². The van der Waals surface area contributed by atoms with Gasteiger partial charge in [-0.15, -0.1) is 11.3 Å². The van der Waals surface area contributed by atoms with Crippen molar-refractivity contribution in [3.05, 3.63) is 92.9 Å². The number of halogens is 2. The number of nitrogens with zero attached hydrogens (tertiary/aromatic N) is 3. The van der Waals surface area contributed by atoms with Crippen molar-refractivity contribution in [1.82, 2.24) is 9.91 Å². The molecule has 1 atom stereocenters. The van der Waals surface area contributed by atoms with Crippen molar-refractivity contribution >= 4 is 40.5 Å². The largest absolute Gasteiger partial charge is 0.332 e. The average molecular weight is 456 g/mol. The van der Waals surface area contributed by atoms with E-state index in [1.54, 1.807) is 23.5 Å². The minimum absolute atomic E-state index is 0.0790. The van der Waals surface area contributed by atoms with Crippen molar-refractivity contribution in [2.24, 2.45) is 5.10 Å². The van der Waals surface area contributed by atoms with Crippen molar-refractivity contribution in [3.63, 3.8) is 0 Å². The standard InChI is InChI=1S/C23H19ClFN3O2S/c1-27(23(30)16-8-3-5-10-18(16)25)14-22(29)28-20(15-7-2-4-9-17(15)24)13-19(26-28)21-11-6-12-31-21/h2-12,20H,13-14H2,1H3. The Labute approximate surface area is 188 Å². The summed E-state index contributed by atoms with van der Waals surface area (Å²) in [6.45, 7) is -0.241. The molecule has 1 aliphatic rings. The maximum absolute atomic E-state index is 14.0. The normalized spacial score (nSPS) is 15.6. The smallest absolute Gasteiger partial charge is 0.262 e. The summed E-state index contributed by atoms with van der Waals surface area (Å²) < 4.78 is 14.0. The number of thiophene rings is 1.